The lowest BCUT2D eigenvalue weighted by molar-refractivity contribution is -0.178. The number of carboxylic acid groups (broad SMARTS) is 2. The summed E-state index contributed by atoms with van der Waals surface area (Å²) in [6.45, 7) is 0. The Morgan fingerprint density at radius 1 is 1.23 bits per heavy atom. The summed E-state index contributed by atoms with van der Waals surface area (Å²) in [5, 5.41) is 27.0. The third kappa shape index (κ3) is 1.65. The normalized spacial score (nSPS) is 34.1. The van der Waals surface area contributed by atoms with E-state index in [1.165, 1.54) is 0 Å². The van der Waals surface area contributed by atoms with Crippen molar-refractivity contribution in [3.63, 3.8) is 0 Å². The minimum absolute atomic E-state index is 0.0271. The van der Waals surface area contributed by atoms with Gasteiger partial charge in [-0.2, -0.15) is 0 Å². The molecule has 1 saturated carbocycles. The van der Waals surface area contributed by atoms with Crippen molar-refractivity contribution < 1.29 is 24.9 Å². The molecule has 1 rings (SSSR count). The summed E-state index contributed by atoms with van der Waals surface area (Å²) in [7, 11) is 0. The van der Waals surface area contributed by atoms with Crippen LogP contribution >= 0.6 is 0 Å². The summed E-state index contributed by atoms with van der Waals surface area (Å²) in [4.78, 5) is 21.3. The van der Waals surface area contributed by atoms with Crippen molar-refractivity contribution in [2.45, 2.75) is 31.3 Å². The van der Waals surface area contributed by atoms with Crippen molar-refractivity contribution in [2.24, 2.45) is 5.92 Å². The summed E-state index contributed by atoms with van der Waals surface area (Å²) in [6, 6.07) is 0. The lowest BCUT2D eigenvalue weighted by Gasteiger charge is -2.33. The van der Waals surface area contributed by atoms with Crippen LogP contribution in [0.2, 0.25) is 0 Å². The van der Waals surface area contributed by atoms with Gasteiger partial charge in [0, 0.05) is 0 Å². The number of carboxylic acids is 2. The number of carbonyl (C=O) groups is 2. The van der Waals surface area contributed by atoms with Crippen LogP contribution in [0.15, 0.2) is 0 Å². The van der Waals surface area contributed by atoms with Gasteiger partial charge in [-0.1, -0.05) is 6.42 Å². The maximum atomic E-state index is 10.7. The van der Waals surface area contributed by atoms with Crippen molar-refractivity contribution >= 4 is 11.9 Å². The second kappa shape index (κ2) is 3.33. The molecular weight excluding hydrogens is 176 g/mol. The highest BCUT2D eigenvalue weighted by molar-refractivity contribution is 5.85. The maximum Gasteiger partial charge on any atom is 0.336 e. The zero-order valence-electron chi connectivity index (χ0n) is 7.06. The average molecular weight is 188 g/mol. The predicted molar refractivity (Wildman–Crippen MR) is 42.2 cm³/mol. The van der Waals surface area contributed by atoms with Gasteiger partial charge in [-0.25, -0.2) is 4.79 Å². The molecule has 13 heavy (non-hydrogen) atoms. The van der Waals surface area contributed by atoms with Crippen LogP contribution in [-0.4, -0.2) is 32.9 Å². The Balaban J connectivity index is 2.89. The van der Waals surface area contributed by atoms with Crippen LogP contribution in [0.5, 0.6) is 0 Å². The molecule has 0 aromatic carbocycles. The Kier molecular flexibility index (Phi) is 2.56. The Bertz CT molecular complexity index is 237. The van der Waals surface area contributed by atoms with Crippen molar-refractivity contribution in [1.82, 2.24) is 0 Å². The van der Waals surface area contributed by atoms with Crippen LogP contribution in [0.4, 0.5) is 0 Å². The van der Waals surface area contributed by atoms with Gasteiger partial charge < -0.3 is 15.3 Å². The number of hydrogen-bond donors (Lipinski definition) is 3. The lowest BCUT2D eigenvalue weighted by Crippen LogP contribution is -2.51. The quantitative estimate of drug-likeness (QED) is 0.570. The van der Waals surface area contributed by atoms with Crippen LogP contribution in [0, 0.1) is 5.92 Å². The van der Waals surface area contributed by atoms with Gasteiger partial charge in [0.05, 0.1) is 5.92 Å². The van der Waals surface area contributed by atoms with E-state index in [9.17, 15) is 14.7 Å². The minimum Gasteiger partial charge on any atom is -0.481 e. The van der Waals surface area contributed by atoms with E-state index >= 15 is 0 Å². The molecule has 0 aromatic heterocycles. The molecule has 0 aromatic rings. The topological polar surface area (TPSA) is 94.8 Å². The SMILES string of the molecule is O=C(O)C1CCCCC1(O)C(=O)O. The van der Waals surface area contributed by atoms with E-state index in [-0.39, 0.29) is 12.8 Å². The van der Waals surface area contributed by atoms with E-state index in [1.807, 2.05) is 0 Å². The van der Waals surface area contributed by atoms with Gasteiger partial charge in [-0.15, -0.1) is 0 Å². The molecule has 3 N–H and O–H groups in total. The smallest absolute Gasteiger partial charge is 0.336 e. The molecule has 1 fully saturated rings. The van der Waals surface area contributed by atoms with Gasteiger partial charge in [0.25, 0.3) is 0 Å². The molecule has 0 saturated heterocycles. The molecule has 0 aliphatic heterocycles. The number of hydrogen-bond acceptors (Lipinski definition) is 3. The van der Waals surface area contributed by atoms with Crippen LogP contribution in [-0.2, 0) is 9.59 Å². The van der Waals surface area contributed by atoms with Crippen LogP contribution in [0.25, 0.3) is 0 Å². The molecule has 2 atom stereocenters. The summed E-state index contributed by atoms with van der Waals surface area (Å²) < 4.78 is 0. The Labute approximate surface area is 75.0 Å². The van der Waals surface area contributed by atoms with E-state index in [0.717, 1.165) is 0 Å². The molecule has 0 amide bonds. The highest BCUT2D eigenvalue weighted by atomic mass is 16.4. The van der Waals surface area contributed by atoms with Crippen molar-refractivity contribution in [3.8, 4) is 0 Å². The van der Waals surface area contributed by atoms with Crippen LogP contribution in [0.1, 0.15) is 25.7 Å². The van der Waals surface area contributed by atoms with Gasteiger partial charge in [0.1, 0.15) is 0 Å². The van der Waals surface area contributed by atoms with Gasteiger partial charge in [-0.3, -0.25) is 4.79 Å². The van der Waals surface area contributed by atoms with Crippen molar-refractivity contribution in [2.75, 3.05) is 0 Å². The molecule has 5 heteroatoms. The van der Waals surface area contributed by atoms with Crippen LogP contribution < -0.4 is 0 Å². The highest BCUT2D eigenvalue weighted by Crippen LogP contribution is 2.34. The maximum absolute atomic E-state index is 10.7. The Hall–Kier alpha value is -1.10. The van der Waals surface area contributed by atoms with E-state index in [2.05, 4.69) is 0 Å². The van der Waals surface area contributed by atoms with E-state index < -0.39 is 23.5 Å². The first-order valence-electron chi connectivity index (χ1n) is 4.17. The molecule has 1 aliphatic carbocycles. The number of aliphatic hydroxyl groups is 1. The van der Waals surface area contributed by atoms with E-state index in [4.69, 9.17) is 10.2 Å². The fourth-order valence-corrected chi connectivity index (χ4v) is 1.74. The van der Waals surface area contributed by atoms with Gasteiger partial charge in [-0.05, 0) is 19.3 Å². The molecule has 0 spiro atoms. The predicted octanol–water partition coefficient (Wildman–Crippen LogP) is 0.0769. The third-order valence-electron chi connectivity index (χ3n) is 2.55. The van der Waals surface area contributed by atoms with E-state index in [1.54, 1.807) is 0 Å². The molecule has 0 heterocycles. The summed E-state index contributed by atoms with van der Waals surface area (Å²) in [5.41, 5.74) is -2.07. The first-order valence-corrected chi connectivity index (χ1v) is 4.17. The molecule has 5 nitrogen and oxygen atoms in total. The summed E-state index contributed by atoms with van der Waals surface area (Å²) in [5.74, 6) is -3.83. The third-order valence-corrected chi connectivity index (χ3v) is 2.55. The molecule has 2 unspecified atom stereocenters. The molecule has 0 bridgehead atoms. The molecule has 1 aliphatic rings. The second-order valence-corrected chi connectivity index (χ2v) is 3.37. The fraction of sp³-hybridized carbons (Fsp3) is 0.750. The Morgan fingerprint density at radius 3 is 2.23 bits per heavy atom. The molecule has 0 radical (unpaired) electrons. The zero-order valence-corrected chi connectivity index (χ0v) is 7.06. The Morgan fingerprint density at radius 2 is 1.85 bits per heavy atom. The standard InChI is InChI=1S/C8H12O5/c9-6(10)5-3-1-2-4-8(5,13)7(11)12/h5,13H,1-4H2,(H,9,10)(H,11,12). The highest BCUT2D eigenvalue weighted by Gasteiger charge is 2.49. The van der Waals surface area contributed by atoms with Gasteiger partial charge in [0.2, 0.25) is 0 Å². The number of rotatable bonds is 2. The van der Waals surface area contributed by atoms with Crippen molar-refractivity contribution in [3.05, 3.63) is 0 Å². The monoisotopic (exact) mass is 188 g/mol. The summed E-state index contributed by atoms with van der Waals surface area (Å²) in [6.07, 6.45) is 1.48. The minimum atomic E-state index is -2.07. The first-order chi connectivity index (χ1) is 5.98. The molecule has 74 valence electrons. The van der Waals surface area contributed by atoms with Crippen molar-refractivity contribution in [1.29, 1.82) is 0 Å². The lowest BCUT2D eigenvalue weighted by atomic mass is 9.75. The number of aliphatic carboxylic acids is 2. The molecular formula is C8H12O5. The van der Waals surface area contributed by atoms with Gasteiger partial charge in [0.15, 0.2) is 5.60 Å². The largest absolute Gasteiger partial charge is 0.481 e. The van der Waals surface area contributed by atoms with Crippen LogP contribution in [0.3, 0.4) is 0 Å². The summed E-state index contributed by atoms with van der Waals surface area (Å²) >= 11 is 0. The fourth-order valence-electron chi connectivity index (χ4n) is 1.74. The first kappa shape index (κ1) is 9.98. The average Bonchev–Trinajstić information content (AvgIpc) is 2.04. The zero-order chi connectivity index (χ0) is 10.1. The second-order valence-electron chi connectivity index (χ2n) is 3.37. The van der Waals surface area contributed by atoms with E-state index in [0.29, 0.717) is 12.8 Å². The van der Waals surface area contributed by atoms with Gasteiger partial charge >= 0.3 is 11.9 Å².